The van der Waals surface area contributed by atoms with Crippen LogP contribution < -0.4 is 0 Å². The lowest BCUT2D eigenvalue weighted by Gasteiger charge is -2.09. The fourth-order valence-electron chi connectivity index (χ4n) is 1.25. The monoisotopic (exact) mass is 166 g/mol. The van der Waals surface area contributed by atoms with E-state index in [1.54, 1.807) is 0 Å². The molecule has 0 saturated heterocycles. The van der Waals surface area contributed by atoms with E-state index >= 15 is 0 Å². The predicted octanol–water partition coefficient (Wildman–Crippen LogP) is 3.24. The van der Waals surface area contributed by atoms with E-state index in [0.717, 1.165) is 0 Å². The Morgan fingerprint density at radius 2 is 1.91 bits per heavy atom. The van der Waals surface area contributed by atoms with Crippen LogP contribution in [0.4, 0.5) is 0 Å². The van der Waals surface area contributed by atoms with Gasteiger partial charge in [0.25, 0.3) is 0 Å². The highest BCUT2D eigenvalue weighted by Gasteiger charge is 2.01. The molecule has 0 amide bonds. The van der Waals surface area contributed by atoms with Gasteiger partial charge >= 0.3 is 0 Å². The molecule has 0 aliphatic heterocycles. The average Bonchev–Trinajstić information content (AvgIpc) is 1.94. The van der Waals surface area contributed by atoms with Crippen LogP contribution >= 0.6 is 9.24 Å². The molecule has 2 atom stereocenters. The molecule has 1 rings (SSSR count). The van der Waals surface area contributed by atoms with Gasteiger partial charge in [-0.3, -0.25) is 0 Å². The highest BCUT2D eigenvalue weighted by atomic mass is 31.0. The van der Waals surface area contributed by atoms with Crippen molar-refractivity contribution in [2.75, 3.05) is 0 Å². The number of benzene rings is 1. The van der Waals surface area contributed by atoms with E-state index in [0.29, 0.717) is 5.66 Å². The summed E-state index contributed by atoms with van der Waals surface area (Å²) in [6.45, 7) is 6.50. The molecule has 0 spiro atoms. The second kappa shape index (κ2) is 3.36. The number of hydrogen-bond donors (Lipinski definition) is 0. The summed E-state index contributed by atoms with van der Waals surface area (Å²) in [4.78, 5) is 0. The lowest BCUT2D eigenvalue weighted by Crippen LogP contribution is -1.89. The maximum absolute atomic E-state index is 2.83. The molecule has 1 aromatic rings. The Bertz CT molecular complexity index is 251. The minimum absolute atomic E-state index is 0.565. The fraction of sp³-hybridized carbons (Fsp3) is 0.400. The van der Waals surface area contributed by atoms with Crippen LogP contribution in [0.15, 0.2) is 18.2 Å². The summed E-state index contributed by atoms with van der Waals surface area (Å²) in [5.74, 6) is 0. The predicted molar refractivity (Wildman–Crippen MR) is 54.0 cm³/mol. The Balaban J connectivity index is 3.13. The van der Waals surface area contributed by atoms with Gasteiger partial charge in [0.15, 0.2) is 0 Å². The Labute approximate surface area is 71.2 Å². The SMILES string of the molecule is Cc1ccc(C)c(C(C)P)c1. The number of aryl methyl sites for hydroxylation is 2. The van der Waals surface area contributed by atoms with Gasteiger partial charge < -0.3 is 0 Å². The van der Waals surface area contributed by atoms with Crippen LogP contribution in [0, 0.1) is 13.8 Å². The van der Waals surface area contributed by atoms with E-state index in [1.165, 1.54) is 16.7 Å². The van der Waals surface area contributed by atoms with Crippen LogP contribution in [-0.4, -0.2) is 0 Å². The van der Waals surface area contributed by atoms with Gasteiger partial charge in [-0.1, -0.05) is 30.7 Å². The van der Waals surface area contributed by atoms with Gasteiger partial charge in [0, 0.05) is 0 Å². The Morgan fingerprint density at radius 3 is 2.36 bits per heavy atom. The van der Waals surface area contributed by atoms with Crippen molar-refractivity contribution in [2.24, 2.45) is 0 Å². The van der Waals surface area contributed by atoms with E-state index in [9.17, 15) is 0 Å². The first-order chi connectivity index (χ1) is 5.11. The minimum Gasteiger partial charge on any atom is -0.130 e. The molecule has 0 aliphatic carbocycles. The second-order valence-electron chi connectivity index (χ2n) is 3.15. The molecule has 0 aliphatic rings. The van der Waals surface area contributed by atoms with E-state index in [-0.39, 0.29) is 0 Å². The summed E-state index contributed by atoms with van der Waals surface area (Å²) in [6.07, 6.45) is 0. The summed E-state index contributed by atoms with van der Waals surface area (Å²) in [7, 11) is 2.83. The Hall–Kier alpha value is -0.350. The van der Waals surface area contributed by atoms with Crippen molar-refractivity contribution in [3.8, 4) is 0 Å². The third kappa shape index (κ3) is 2.04. The van der Waals surface area contributed by atoms with Crippen LogP contribution in [0.25, 0.3) is 0 Å². The topological polar surface area (TPSA) is 0 Å². The zero-order valence-corrected chi connectivity index (χ0v) is 8.54. The Kier molecular flexibility index (Phi) is 2.67. The van der Waals surface area contributed by atoms with Crippen molar-refractivity contribution in [2.45, 2.75) is 26.4 Å². The van der Waals surface area contributed by atoms with Crippen LogP contribution in [0.3, 0.4) is 0 Å². The number of rotatable bonds is 1. The van der Waals surface area contributed by atoms with E-state index in [4.69, 9.17) is 0 Å². The molecule has 0 fully saturated rings. The first kappa shape index (κ1) is 8.74. The van der Waals surface area contributed by atoms with Gasteiger partial charge in [0.05, 0.1) is 0 Å². The lowest BCUT2D eigenvalue weighted by atomic mass is 10.0. The van der Waals surface area contributed by atoms with E-state index in [1.807, 2.05) is 0 Å². The van der Waals surface area contributed by atoms with Gasteiger partial charge in [-0.25, -0.2) is 0 Å². The van der Waals surface area contributed by atoms with Gasteiger partial charge in [-0.15, -0.1) is 9.24 Å². The molecule has 0 bridgehead atoms. The molecule has 0 nitrogen and oxygen atoms in total. The minimum atomic E-state index is 0.565. The smallest absolute Gasteiger partial charge is 0.00401 e. The van der Waals surface area contributed by atoms with Gasteiger partial charge in [-0.05, 0) is 30.6 Å². The molecular formula is C10H15P. The molecule has 0 saturated carbocycles. The van der Waals surface area contributed by atoms with Crippen LogP contribution in [-0.2, 0) is 0 Å². The van der Waals surface area contributed by atoms with Crippen LogP contribution in [0.5, 0.6) is 0 Å². The molecule has 11 heavy (non-hydrogen) atoms. The summed E-state index contributed by atoms with van der Waals surface area (Å²) < 4.78 is 0. The first-order valence-corrected chi connectivity index (χ1v) is 4.60. The summed E-state index contributed by atoms with van der Waals surface area (Å²) in [5.41, 5.74) is 4.74. The summed E-state index contributed by atoms with van der Waals surface area (Å²) in [6, 6.07) is 6.60. The van der Waals surface area contributed by atoms with Crippen molar-refractivity contribution in [1.82, 2.24) is 0 Å². The fourth-order valence-corrected chi connectivity index (χ4v) is 1.61. The van der Waals surface area contributed by atoms with Gasteiger partial charge in [0.2, 0.25) is 0 Å². The standard InChI is InChI=1S/C10H15P/c1-7-4-5-8(2)10(6-7)9(3)11/h4-6,9H,11H2,1-3H3. The van der Waals surface area contributed by atoms with Crippen molar-refractivity contribution >= 4 is 9.24 Å². The lowest BCUT2D eigenvalue weighted by molar-refractivity contribution is 1.07. The molecule has 1 aromatic carbocycles. The van der Waals surface area contributed by atoms with Gasteiger partial charge in [0.1, 0.15) is 0 Å². The summed E-state index contributed by atoms with van der Waals surface area (Å²) >= 11 is 0. The van der Waals surface area contributed by atoms with Crippen molar-refractivity contribution in [3.05, 3.63) is 34.9 Å². The second-order valence-corrected chi connectivity index (χ2v) is 4.15. The zero-order valence-electron chi connectivity index (χ0n) is 7.39. The molecule has 0 N–H and O–H groups in total. The van der Waals surface area contributed by atoms with Crippen LogP contribution in [0.2, 0.25) is 0 Å². The van der Waals surface area contributed by atoms with Crippen LogP contribution in [0.1, 0.15) is 29.3 Å². The molecule has 0 aromatic heterocycles. The molecule has 0 heterocycles. The quantitative estimate of drug-likeness (QED) is 0.562. The van der Waals surface area contributed by atoms with Crippen molar-refractivity contribution < 1.29 is 0 Å². The maximum atomic E-state index is 2.83. The molecule has 2 unspecified atom stereocenters. The normalized spacial score (nSPS) is 13.1. The highest BCUT2D eigenvalue weighted by molar-refractivity contribution is 7.17. The summed E-state index contributed by atoms with van der Waals surface area (Å²) in [5, 5.41) is 0. The molecular weight excluding hydrogens is 151 g/mol. The maximum Gasteiger partial charge on any atom is -0.00401 e. The third-order valence-electron chi connectivity index (χ3n) is 1.93. The highest BCUT2D eigenvalue weighted by Crippen LogP contribution is 2.25. The van der Waals surface area contributed by atoms with Crippen molar-refractivity contribution in [1.29, 1.82) is 0 Å². The Morgan fingerprint density at radius 1 is 1.27 bits per heavy atom. The number of hydrogen-bond acceptors (Lipinski definition) is 0. The van der Waals surface area contributed by atoms with E-state index in [2.05, 4.69) is 48.2 Å². The van der Waals surface area contributed by atoms with Gasteiger partial charge in [-0.2, -0.15) is 0 Å². The zero-order chi connectivity index (χ0) is 8.43. The molecule has 0 radical (unpaired) electrons. The first-order valence-electron chi connectivity index (χ1n) is 3.94. The third-order valence-corrected chi connectivity index (χ3v) is 2.28. The molecule has 60 valence electrons. The van der Waals surface area contributed by atoms with Crippen molar-refractivity contribution in [3.63, 3.8) is 0 Å². The average molecular weight is 166 g/mol. The molecule has 1 heteroatoms. The largest absolute Gasteiger partial charge is 0.130 e. The van der Waals surface area contributed by atoms with E-state index < -0.39 is 0 Å².